The molecule has 1 fully saturated rings. The number of hydrogen-bond donors (Lipinski definition) is 0. The van der Waals surface area contributed by atoms with Crippen LogP contribution in [-0.4, -0.2) is 64.8 Å². The molecule has 0 unspecified atom stereocenters. The van der Waals surface area contributed by atoms with Crippen molar-refractivity contribution in [3.05, 3.63) is 0 Å². The molecule has 20 heavy (non-hydrogen) atoms. The highest BCUT2D eigenvalue weighted by Crippen LogP contribution is 2.28. The monoisotopic (exact) mass is 290 g/mol. The highest BCUT2D eigenvalue weighted by Gasteiger charge is 2.39. The largest absolute Gasteiger partial charge is 0.463 e. The Hall–Kier alpha value is -1.18. The average molecular weight is 290 g/mol. The van der Waals surface area contributed by atoms with Crippen LogP contribution in [0.15, 0.2) is 0 Å². The van der Waals surface area contributed by atoms with Crippen molar-refractivity contribution in [3.8, 4) is 0 Å². The number of esters is 2. The first-order valence-electron chi connectivity index (χ1n) is 6.54. The minimum absolute atomic E-state index is 0.146. The van der Waals surface area contributed by atoms with E-state index in [1.807, 2.05) is 0 Å². The zero-order valence-corrected chi connectivity index (χ0v) is 12.0. The number of carbonyl (C=O) groups excluding carboxylic acids is 2. The molecule has 0 aromatic rings. The second-order valence-electron chi connectivity index (χ2n) is 4.78. The van der Waals surface area contributed by atoms with Gasteiger partial charge in [0.05, 0.1) is 45.1 Å². The van der Waals surface area contributed by atoms with Crippen LogP contribution >= 0.6 is 0 Å². The molecule has 0 aromatic heterocycles. The van der Waals surface area contributed by atoms with Gasteiger partial charge in [-0.1, -0.05) is 0 Å². The third-order valence-electron chi connectivity index (χ3n) is 2.70. The molecular weight excluding hydrogens is 268 g/mol. The Morgan fingerprint density at radius 2 is 1.35 bits per heavy atom. The van der Waals surface area contributed by atoms with Gasteiger partial charge in [-0.05, 0) is 0 Å². The van der Waals surface area contributed by atoms with Crippen molar-refractivity contribution < 1.29 is 33.3 Å². The molecule has 1 rings (SSSR count). The molecule has 0 saturated carbocycles. The summed E-state index contributed by atoms with van der Waals surface area (Å²) in [5.41, 5.74) is -0.146. The van der Waals surface area contributed by atoms with Crippen molar-refractivity contribution in [2.45, 2.75) is 13.8 Å². The van der Waals surface area contributed by atoms with Gasteiger partial charge in [0, 0.05) is 13.8 Å². The fourth-order valence-corrected chi connectivity index (χ4v) is 1.67. The minimum atomic E-state index is -0.316. The van der Waals surface area contributed by atoms with Crippen LogP contribution in [0, 0.1) is 5.41 Å². The van der Waals surface area contributed by atoms with Gasteiger partial charge in [0.2, 0.25) is 0 Å². The average Bonchev–Trinajstić information content (AvgIpc) is 2.32. The molecule has 7 nitrogen and oxygen atoms in total. The van der Waals surface area contributed by atoms with Gasteiger partial charge in [-0.3, -0.25) is 9.59 Å². The van der Waals surface area contributed by atoms with E-state index in [2.05, 4.69) is 0 Å². The van der Waals surface area contributed by atoms with Crippen LogP contribution in [0.2, 0.25) is 0 Å². The molecule has 0 amide bonds. The Labute approximate surface area is 118 Å². The summed E-state index contributed by atoms with van der Waals surface area (Å²) in [6.07, 6.45) is 0. The van der Waals surface area contributed by atoms with Crippen LogP contribution in [-0.2, 0) is 33.3 Å². The third kappa shape index (κ3) is 6.83. The zero-order chi connectivity index (χ0) is 14.8. The molecule has 1 heterocycles. The highest BCUT2D eigenvalue weighted by molar-refractivity contribution is 5.66. The zero-order valence-electron chi connectivity index (χ0n) is 12.0. The molecule has 116 valence electrons. The second-order valence-corrected chi connectivity index (χ2v) is 4.78. The summed E-state index contributed by atoms with van der Waals surface area (Å²) in [5, 5.41) is 0. The lowest BCUT2D eigenvalue weighted by atomic mass is 9.88. The molecular formula is C13H22O7. The van der Waals surface area contributed by atoms with Crippen LogP contribution in [0.4, 0.5) is 0 Å². The van der Waals surface area contributed by atoms with Gasteiger partial charge in [0.25, 0.3) is 0 Å². The van der Waals surface area contributed by atoms with Crippen LogP contribution in [0.25, 0.3) is 0 Å². The smallest absolute Gasteiger partial charge is 0.302 e. The third-order valence-corrected chi connectivity index (χ3v) is 2.70. The first-order chi connectivity index (χ1) is 9.54. The number of carbonyl (C=O) groups is 2. The van der Waals surface area contributed by atoms with Gasteiger partial charge in [0.15, 0.2) is 0 Å². The van der Waals surface area contributed by atoms with Gasteiger partial charge in [0.1, 0.15) is 13.2 Å². The molecule has 0 N–H and O–H groups in total. The van der Waals surface area contributed by atoms with Gasteiger partial charge < -0.3 is 23.7 Å². The van der Waals surface area contributed by atoms with Crippen molar-refractivity contribution >= 4 is 11.9 Å². The maximum absolute atomic E-state index is 10.6. The van der Waals surface area contributed by atoms with E-state index in [1.165, 1.54) is 13.8 Å². The lowest BCUT2D eigenvalue weighted by Crippen LogP contribution is -2.50. The topological polar surface area (TPSA) is 80.3 Å². The lowest BCUT2D eigenvalue weighted by molar-refractivity contribution is -0.182. The molecule has 1 aliphatic rings. The van der Waals surface area contributed by atoms with E-state index in [0.717, 1.165) is 0 Å². The van der Waals surface area contributed by atoms with E-state index in [9.17, 15) is 9.59 Å². The predicted octanol–water partition coefficient (Wildman–Crippen LogP) is 0.162. The quantitative estimate of drug-likeness (QED) is 0.419. The highest BCUT2D eigenvalue weighted by atomic mass is 16.6. The van der Waals surface area contributed by atoms with E-state index in [4.69, 9.17) is 23.7 Å². The second kappa shape index (κ2) is 8.89. The van der Waals surface area contributed by atoms with Crippen molar-refractivity contribution in [1.29, 1.82) is 0 Å². The summed E-state index contributed by atoms with van der Waals surface area (Å²) < 4.78 is 25.7. The van der Waals surface area contributed by atoms with E-state index < -0.39 is 0 Å². The fourth-order valence-electron chi connectivity index (χ4n) is 1.67. The van der Waals surface area contributed by atoms with E-state index in [-0.39, 0.29) is 30.6 Å². The molecule has 0 atom stereocenters. The Morgan fingerprint density at radius 3 is 1.65 bits per heavy atom. The van der Waals surface area contributed by atoms with E-state index >= 15 is 0 Å². The number of hydrogen-bond acceptors (Lipinski definition) is 7. The van der Waals surface area contributed by atoms with Crippen molar-refractivity contribution in [2.75, 3.05) is 52.9 Å². The Morgan fingerprint density at radius 1 is 0.900 bits per heavy atom. The molecule has 0 aromatic carbocycles. The Bertz CT molecular complexity index is 286. The van der Waals surface area contributed by atoms with Gasteiger partial charge in [-0.15, -0.1) is 0 Å². The van der Waals surface area contributed by atoms with E-state index in [1.54, 1.807) is 0 Å². The SMILES string of the molecule is CC(=O)OCCOCC1(COCCOC(C)=O)COC1. The normalized spacial score (nSPS) is 16.3. The molecule has 7 heteroatoms. The maximum atomic E-state index is 10.6. The minimum Gasteiger partial charge on any atom is -0.463 e. The molecule has 0 radical (unpaired) electrons. The summed E-state index contributed by atoms with van der Waals surface area (Å²) in [4.78, 5) is 21.1. The summed E-state index contributed by atoms with van der Waals surface area (Å²) in [6.45, 7) is 6.06. The van der Waals surface area contributed by atoms with E-state index in [0.29, 0.717) is 39.6 Å². The molecule has 1 aliphatic heterocycles. The van der Waals surface area contributed by atoms with Crippen LogP contribution < -0.4 is 0 Å². The van der Waals surface area contributed by atoms with Crippen molar-refractivity contribution in [2.24, 2.45) is 5.41 Å². The molecule has 0 aliphatic carbocycles. The number of ether oxygens (including phenoxy) is 5. The number of rotatable bonds is 10. The summed E-state index contributed by atoms with van der Waals surface area (Å²) >= 11 is 0. The molecule has 1 saturated heterocycles. The first kappa shape index (κ1) is 16.9. The van der Waals surface area contributed by atoms with Crippen LogP contribution in [0.3, 0.4) is 0 Å². The van der Waals surface area contributed by atoms with Crippen molar-refractivity contribution in [3.63, 3.8) is 0 Å². The summed E-state index contributed by atoms with van der Waals surface area (Å²) in [6, 6.07) is 0. The Balaban J connectivity index is 2.06. The first-order valence-corrected chi connectivity index (χ1v) is 6.54. The van der Waals surface area contributed by atoms with Gasteiger partial charge >= 0.3 is 11.9 Å². The van der Waals surface area contributed by atoms with Gasteiger partial charge in [-0.2, -0.15) is 0 Å². The summed E-state index contributed by atoms with van der Waals surface area (Å²) in [7, 11) is 0. The van der Waals surface area contributed by atoms with Crippen LogP contribution in [0.1, 0.15) is 13.8 Å². The molecule has 0 spiro atoms. The molecule has 0 bridgehead atoms. The van der Waals surface area contributed by atoms with Crippen LogP contribution in [0.5, 0.6) is 0 Å². The van der Waals surface area contributed by atoms with Gasteiger partial charge in [-0.25, -0.2) is 0 Å². The standard InChI is InChI=1S/C13H22O7/c1-11(14)19-5-3-16-7-13(9-18-10-13)8-17-4-6-20-12(2)15/h3-10H2,1-2H3. The fraction of sp³-hybridized carbons (Fsp3) is 0.846. The lowest BCUT2D eigenvalue weighted by Gasteiger charge is -2.40. The predicted molar refractivity (Wildman–Crippen MR) is 68.2 cm³/mol. The van der Waals surface area contributed by atoms with Crippen molar-refractivity contribution in [1.82, 2.24) is 0 Å². The summed E-state index contributed by atoms with van der Waals surface area (Å²) in [5.74, 6) is -0.631. The Kier molecular flexibility index (Phi) is 7.50. The maximum Gasteiger partial charge on any atom is 0.302 e.